The maximum absolute atomic E-state index is 12.8. The van der Waals surface area contributed by atoms with E-state index >= 15 is 0 Å². The Balaban J connectivity index is 1.85. The first-order chi connectivity index (χ1) is 15.5. The second-order valence-electron chi connectivity index (χ2n) is 9.36. The van der Waals surface area contributed by atoms with Crippen LogP contribution in [0, 0.1) is 5.92 Å². The molecule has 0 aromatic carbocycles. The molecule has 0 bridgehead atoms. The number of amides is 1. The summed E-state index contributed by atoms with van der Waals surface area (Å²) in [6.45, 7) is 9.50. The molecule has 1 saturated heterocycles. The van der Waals surface area contributed by atoms with E-state index in [1.807, 2.05) is 4.90 Å². The summed E-state index contributed by atoms with van der Waals surface area (Å²) < 4.78 is 7.14. The second kappa shape index (κ2) is 9.59. The standard InChI is InChI=1S/C20H29N9O4/c1-11(2)17(31)25-19-24-16-15(18(32)26-19)29(10-22-16)13-6-12(7-23-27-21)28(8-13)9-14(30)33-20(3,4)5/h10-13H,6-9H2,1-5H3,(H2,24,25,26,31,32)/t12-,13-/m1/s1. The first kappa shape index (κ1) is 24.2. The Morgan fingerprint density at radius 2 is 2.15 bits per heavy atom. The smallest absolute Gasteiger partial charge is 0.320 e. The van der Waals surface area contributed by atoms with Gasteiger partial charge in [0.25, 0.3) is 5.56 Å². The van der Waals surface area contributed by atoms with Crippen LogP contribution in [0.5, 0.6) is 0 Å². The van der Waals surface area contributed by atoms with E-state index in [-0.39, 0.29) is 60.1 Å². The highest BCUT2D eigenvalue weighted by Crippen LogP contribution is 2.29. The quantitative estimate of drug-likeness (QED) is 0.276. The molecule has 2 N–H and O–H groups in total. The Bertz CT molecular complexity index is 1140. The van der Waals surface area contributed by atoms with E-state index in [9.17, 15) is 14.4 Å². The van der Waals surface area contributed by atoms with Crippen molar-refractivity contribution in [1.82, 2.24) is 24.4 Å². The maximum atomic E-state index is 12.8. The van der Waals surface area contributed by atoms with Crippen molar-refractivity contribution in [2.75, 3.05) is 25.0 Å². The highest BCUT2D eigenvalue weighted by atomic mass is 16.6. The van der Waals surface area contributed by atoms with Crippen molar-refractivity contribution >= 4 is 29.0 Å². The molecule has 13 heteroatoms. The molecule has 1 amide bonds. The van der Waals surface area contributed by atoms with Crippen LogP contribution < -0.4 is 10.9 Å². The van der Waals surface area contributed by atoms with Gasteiger partial charge < -0.3 is 9.30 Å². The molecule has 1 aliphatic rings. The van der Waals surface area contributed by atoms with Gasteiger partial charge in [0.15, 0.2) is 11.2 Å². The Morgan fingerprint density at radius 3 is 2.79 bits per heavy atom. The molecule has 2 aromatic rings. The maximum Gasteiger partial charge on any atom is 0.320 e. The average molecular weight is 460 g/mol. The molecule has 0 unspecified atom stereocenters. The molecule has 2 atom stereocenters. The zero-order valence-corrected chi connectivity index (χ0v) is 19.4. The van der Waals surface area contributed by atoms with Crippen molar-refractivity contribution in [3.8, 4) is 0 Å². The van der Waals surface area contributed by atoms with Gasteiger partial charge in [-0.2, -0.15) is 4.98 Å². The minimum absolute atomic E-state index is 0.0337. The number of anilines is 1. The van der Waals surface area contributed by atoms with Crippen molar-refractivity contribution < 1.29 is 14.3 Å². The third-order valence-corrected chi connectivity index (χ3v) is 5.21. The number of aromatic amines is 1. The van der Waals surface area contributed by atoms with Gasteiger partial charge in [0.1, 0.15) is 5.60 Å². The lowest BCUT2D eigenvalue weighted by molar-refractivity contribution is -0.156. The Labute approximate surface area is 190 Å². The number of nitrogens with zero attached hydrogens (tertiary/aromatic N) is 7. The van der Waals surface area contributed by atoms with E-state index in [1.165, 1.54) is 6.33 Å². The summed E-state index contributed by atoms with van der Waals surface area (Å²) in [5.74, 6) is -0.886. The zero-order valence-electron chi connectivity index (χ0n) is 19.4. The summed E-state index contributed by atoms with van der Waals surface area (Å²) in [5, 5.41) is 6.25. The van der Waals surface area contributed by atoms with E-state index in [1.54, 1.807) is 39.2 Å². The highest BCUT2D eigenvalue weighted by molar-refractivity contribution is 5.91. The summed E-state index contributed by atoms with van der Waals surface area (Å²) in [6.07, 6.45) is 2.06. The zero-order chi connectivity index (χ0) is 24.3. The van der Waals surface area contributed by atoms with Gasteiger partial charge >= 0.3 is 5.97 Å². The number of hydrogen-bond donors (Lipinski definition) is 2. The highest BCUT2D eigenvalue weighted by Gasteiger charge is 2.35. The Kier molecular flexibility index (Phi) is 7.04. The second-order valence-corrected chi connectivity index (χ2v) is 9.36. The number of fused-ring (bicyclic) bond motifs is 1. The number of azide groups is 1. The molecule has 13 nitrogen and oxygen atoms in total. The van der Waals surface area contributed by atoms with Gasteiger partial charge in [-0.1, -0.05) is 19.0 Å². The summed E-state index contributed by atoms with van der Waals surface area (Å²) in [4.78, 5) is 52.9. The van der Waals surface area contributed by atoms with Crippen LogP contribution in [0.2, 0.25) is 0 Å². The number of likely N-dealkylation sites (tertiary alicyclic amines) is 1. The van der Waals surface area contributed by atoms with Crippen molar-refractivity contribution in [2.24, 2.45) is 11.0 Å². The minimum Gasteiger partial charge on any atom is -0.459 e. The first-order valence-corrected chi connectivity index (χ1v) is 10.7. The number of carbonyl (C=O) groups is 2. The predicted octanol–water partition coefficient (Wildman–Crippen LogP) is 1.98. The lowest BCUT2D eigenvalue weighted by atomic mass is 10.1. The molecule has 1 fully saturated rings. The van der Waals surface area contributed by atoms with Gasteiger partial charge in [-0.3, -0.25) is 29.6 Å². The fourth-order valence-corrected chi connectivity index (χ4v) is 3.76. The van der Waals surface area contributed by atoms with Gasteiger partial charge in [-0.05, 0) is 32.7 Å². The number of esters is 1. The Morgan fingerprint density at radius 1 is 1.42 bits per heavy atom. The van der Waals surface area contributed by atoms with E-state index in [2.05, 4.69) is 30.3 Å². The summed E-state index contributed by atoms with van der Waals surface area (Å²) in [7, 11) is 0. The van der Waals surface area contributed by atoms with Crippen LogP contribution in [0.3, 0.4) is 0 Å². The first-order valence-electron chi connectivity index (χ1n) is 10.7. The fourth-order valence-electron chi connectivity index (χ4n) is 3.76. The van der Waals surface area contributed by atoms with E-state index in [4.69, 9.17) is 10.3 Å². The summed E-state index contributed by atoms with van der Waals surface area (Å²) in [6, 6.07) is -0.400. The number of aromatic nitrogens is 4. The molecular formula is C20H29N9O4. The Hall–Kier alpha value is -3.44. The third kappa shape index (κ3) is 5.88. The molecule has 0 aliphatic carbocycles. The van der Waals surface area contributed by atoms with E-state index in [0.29, 0.717) is 13.0 Å². The lowest BCUT2D eigenvalue weighted by Gasteiger charge is -2.25. The van der Waals surface area contributed by atoms with Crippen LogP contribution in [0.1, 0.15) is 47.1 Å². The summed E-state index contributed by atoms with van der Waals surface area (Å²) in [5.41, 5.74) is 8.17. The fraction of sp³-hybridized carbons (Fsp3) is 0.650. The number of ether oxygens (including phenoxy) is 1. The SMILES string of the molecule is CC(C)C(=O)Nc1nc2ncn([C@@H]3C[C@H](CN=[N+]=[N-])N(CC(=O)OC(C)(C)C)C3)c2c(=O)[nH]1. The van der Waals surface area contributed by atoms with Crippen LogP contribution in [0.4, 0.5) is 5.95 Å². The summed E-state index contributed by atoms with van der Waals surface area (Å²) >= 11 is 0. The molecular weight excluding hydrogens is 430 g/mol. The van der Waals surface area contributed by atoms with Crippen molar-refractivity contribution in [2.45, 2.75) is 58.7 Å². The number of carbonyl (C=O) groups excluding carboxylic acids is 2. The predicted molar refractivity (Wildman–Crippen MR) is 120 cm³/mol. The van der Waals surface area contributed by atoms with Gasteiger partial charge in [0.2, 0.25) is 11.9 Å². The van der Waals surface area contributed by atoms with Gasteiger partial charge in [0, 0.05) is 36.0 Å². The van der Waals surface area contributed by atoms with Crippen LogP contribution in [0.15, 0.2) is 16.2 Å². The molecule has 1 aliphatic heterocycles. The molecule has 3 rings (SSSR count). The lowest BCUT2D eigenvalue weighted by Crippen LogP contribution is -2.39. The van der Waals surface area contributed by atoms with Gasteiger partial charge in [-0.15, -0.1) is 0 Å². The number of imidazole rings is 1. The van der Waals surface area contributed by atoms with Crippen LogP contribution >= 0.6 is 0 Å². The number of H-pyrrole nitrogens is 1. The monoisotopic (exact) mass is 459 g/mol. The van der Waals surface area contributed by atoms with Crippen LogP contribution in [-0.2, 0) is 14.3 Å². The number of nitrogens with one attached hydrogen (secondary N) is 2. The molecule has 178 valence electrons. The topological polar surface area (TPSA) is 171 Å². The minimum atomic E-state index is -0.612. The van der Waals surface area contributed by atoms with Crippen molar-refractivity contribution in [3.05, 3.63) is 27.1 Å². The van der Waals surface area contributed by atoms with E-state index in [0.717, 1.165) is 0 Å². The molecule has 0 spiro atoms. The van der Waals surface area contributed by atoms with Crippen LogP contribution in [-0.4, -0.2) is 67.6 Å². The van der Waals surface area contributed by atoms with Gasteiger partial charge in [-0.25, -0.2) is 4.98 Å². The molecule has 33 heavy (non-hydrogen) atoms. The number of rotatable bonds is 7. The average Bonchev–Trinajstić information content (AvgIpc) is 3.28. The van der Waals surface area contributed by atoms with Gasteiger partial charge in [0.05, 0.1) is 12.9 Å². The normalized spacial score (nSPS) is 19.0. The molecule has 0 radical (unpaired) electrons. The van der Waals surface area contributed by atoms with Crippen LogP contribution in [0.25, 0.3) is 21.6 Å². The van der Waals surface area contributed by atoms with Crippen molar-refractivity contribution in [1.29, 1.82) is 0 Å². The third-order valence-electron chi connectivity index (χ3n) is 5.21. The van der Waals surface area contributed by atoms with E-state index < -0.39 is 11.2 Å². The molecule has 2 aromatic heterocycles. The molecule has 0 saturated carbocycles. The largest absolute Gasteiger partial charge is 0.459 e. The molecule has 3 heterocycles. The number of hydrogen-bond acceptors (Lipinski definition) is 8. The van der Waals surface area contributed by atoms with Crippen molar-refractivity contribution in [3.63, 3.8) is 0 Å².